The van der Waals surface area contributed by atoms with Gasteiger partial charge in [0.25, 0.3) is 5.91 Å². The van der Waals surface area contributed by atoms with Crippen LogP contribution >= 0.6 is 23.4 Å². The number of aryl methyl sites for hydroxylation is 2. The van der Waals surface area contributed by atoms with Crippen molar-refractivity contribution in [3.63, 3.8) is 0 Å². The molecule has 8 heteroatoms. The Kier molecular flexibility index (Phi) is 6.94. The fourth-order valence-electron chi connectivity index (χ4n) is 4.21. The largest absolute Gasteiger partial charge is 0.326 e. The average Bonchev–Trinajstić information content (AvgIpc) is 3.44. The number of anilines is 1. The van der Waals surface area contributed by atoms with Crippen molar-refractivity contribution in [3.8, 4) is 0 Å². The van der Waals surface area contributed by atoms with Crippen LogP contribution in [0.3, 0.4) is 0 Å². The van der Waals surface area contributed by atoms with Gasteiger partial charge in [-0.3, -0.25) is 9.59 Å². The number of thioether (sulfide) groups is 1. The van der Waals surface area contributed by atoms with E-state index in [1.54, 1.807) is 24.3 Å². The lowest BCUT2D eigenvalue weighted by atomic mass is 9.97. The molecule has 0 saturated heterocycles. The summed E-state index contributed by atoms with van der Waals surface area (Å²) >= 11 is 7.30. The van der Waals surface area contributed by atoms with Crippen LogP contribution in [-0.2, 0) is 9.59 Å². The van der Waals surface area contributed by atoms with Crippen LogP contribution in [0.2, 0.25) is 5.02 Å². The van der Waals surface area contributed by atoms with Gasteiger partial charge in [0.05, 0.1) is 11.8 Å². The molecule has 0 fully saturated rings. The maximum Gasteiger partial charge on any atom is 0.262 e. The van der Waals surface area contributed by atoms with Crippen molar-refractivity contribution in [1.29, 1.82) is 0 Å². The molecule has 2 aliphatic heterocycles. The van der Waals surface area contributed by atoms with Gasteiger partial charge < -0.3 is 5.32 Å². The fourth-order valence-corrected chi connectivity index (χ4v) is 5.46. The van der Waals surface area contributed by atoms with Gasteiger partial charge in [0.15, 0.2) is 5.17 Å². The minimum Gasteiger partial charge on any atom is -0.326 e. The molecule has 2 aliphatic rings. The number of amides is 2. The Morgan fingerprint density at radius 2 is 1.75 bits per heavy atom. The molecule has 2 atom stereocenters. The molecule has 6 nitrogen and oxygen atoms in total. The van der Waals surface area contributed by atoms with Crippen LogP contribution in [-0.4, -0.2) is 33.0 Å². The smallest absolute Gasteiger partial charge is 0.262 e. The molecule has 0 saturated carbocycles. The van der Waals surface area contributed by atoms with E-state index < -0.39 is 5.25 Å². The van der Waals surface area contributed by atoms with E-state index in [4.69, 9.17) is 16.7 Å². The first-order chi connectivity index (χ1) is 17.4. The van der Waals surface area contributed by atoms with E-state index in [1.807, 2.05) is 5.01 Å². The molecule has 0 aromatic heterocycles. The molecule has 2 heterocycles. The first-order valence-corrected chi connectivity index (χ1v) is 13.0. The Morgan fingerprint density at radius 1 is 1.06 bits per heavy atom. The number of halogens is 1. The fraction of sp³-hybridized carbons (Fsp3) is 0.214. The van der Waals surface area contributed by atoms with Gasteiger partial charge in [-0.25, -0.2) is 5.01 Å². The average molecular weight is 517 g/mol. The summed E-state index contributed by atoms with van der Waals surface area (Å²) in [6.45, 7) is 4.11. The Hall–Kier alpha value is -3.42. The SMILES string of the molecule is Cc1ccc(C2=NN(C3=NC(=O)[C@@H](CC(=O)Nc4cccc(Cl)c4)S3)[C@H](c3ccc(C)cc3)C2)cc1. The molecule has 3 aromatic carbocycles. The highest BCUT2D eigenvalue weighted by Gasteiger charge is 2.39. The predicted molar refractivity (Wildman–Crippen MR) is 147 cm³/mol. The minimum absolute atomic E-state index is 0.0145. The summed E-state index contributed by atoms with van der Waals surface area (Å²) in [5.74, 6) is -0.585. The second kappa shape index (κ2) is 10.3. The van der Waals surface area contributed by atoms with Crippen LogP contribution in [0.1, 0.15) is 41.1 Å². The molecule has 1 N–H and O–H groups in total. The van der Waals surface area contributed by atoms with Crippen LogP contribution in [0, 0.1) is 13.8 Å². The van der Waals surface area contributed by atoms with Gasteiger partial charge in [0.2, 0.25) is 5.91 Å². The van der Waals surface area contributed by atoms with Crippen molar-refractivity contribution in [3.05, 3.63) is 100 Å². The van der Waals surface area contributed by atoms with E-state index in [-0.39, 0.29) is 24.3 Å². The van der Waals surface area contributed by atoms with E-state index in [1.165, 1.54) is 22.9 Å². The number of hydrogen-bond donors (Lipinski definition) is 1. The van der Waals surface area contributed by atoms with Crippen LogP contribution in [0.5, 0.6) is 0 Å². The van der Waals surface area contributed by atoms with Crippen LogP contribution < -0.4 is 5.32 Å². The zero-order valence-corrected chi connectivity index (χ0v) is 21.5. The first kappa shape index (κ1) is 24.3. The third-order valence-corrected chi connectivity index (χ3v) is 7.54. The number of nitrogens with one attached hydrogen (secondary N) is 1. The number of amidine groups is 1. The normalized spacial score (nSPS) is 19.3. The quantitative estimate of drug-likeness (QED) is 0.442. The number of nitrogens with zero attached hydrogens (tertiary/aromatic N) is 3. The number of rotatable bonds is 5. The van der Waals surface area contributed by atoms with Crippen molar-refractivity contribution in [2.45, 2.75) is 38.0 Å². The van der Waals surface area contributed by atoms with E-state index >= 15 is 0 Å². The Labute approximate surface area is 219 Å². The summed E-state index contributed by atoms with van der Waals surface area (Å²) in [6, 6.07) is 23.5. The first-order valence-electron chi connectivity index (χ1n) is 11.7. The van der Waals surface area contributed by atoms with Crippen LogP contribution in [0.25, 0.3) is 0 Å². The number of hydrazone groups is 1. The van der Waals surface area contributed by atoms with Gasteiger partial charge in [-0.15, -0.1) is 0 Å². The van der Waals surface area contributed by atoms with Gasteiger partial charge in [-0.1, -0.05) is 89.1 Å². The molecule has 0 bridgehead atoms. The summed E-state index contributed by atoms with van der Waals surface area (Å²) in [5, 5.41) is 10.0. The monoisotopic (exact) mass is 516 g/mol. The molecule has 2 amide bonds. The van der Waals surface area contributed by atoms with Crippen molar-refractivity contribution in [1.82, 2.24) is 5.01 Å². The topological polar surface area (TPSA) is 74.1 Å². The summed E-state index contributed by atoms with van der Waals surface area (Å²) in [7, 11) is 0. The van der Waals surface area contributed by atoms with Gasteiger partial charge in [0, 0.05) is 23.6 Å². The summed E-state index contributed by atoms with van der Waals surface area (Å²) in [5.41, 5.74) is 6.05. The maximum absolute atomic E-state index is 12.8. The standard InChI is InChI=1S/C28H25ClN4O2S/c1-17-6-10-19(11-7-17)23-15-24(20-12-8-18(2)9-13-20)33(32-23)28-31-27(35)25(36-28)16-26(34)30-22-5-3-4-21(29)14-22/h3-14,24-25H,15-16H2,1-2H3,(H,30,34)/t24-,25+/m0/s1. The lowest BCUT2D eigenvalue weighted by Gasteiger charge is -2.23. The zero-order chi connectivity index (χ0) is 25.2. The molecular formula is C28H25ClN4O2S. The van der Waals surface area contributed by atoms with E-state index in [2.05, 4.69) is 72.7 Å². The zero-order valence-electron chi connectivity index (χ0n) is 19.9. The molecule has 5 rings (SSSR count). The highest BCUT2D eigenvalue weighted by atomic mass is 35.5. The maximum atomic E-state index is 12.8. The summed E-state index contributed by atoms with van der Waals surface area (Å²) in [6.07, 6.45) is 0.709. The van der Waals surface area contributed by atoms with E-state index in [9.17, 15) is 9.59 Å². The van der Waals surface area contributed by atoms with Crippen LogP contribution in [0.15, 0.2) is 82.9 Å². The molecule has 36 heavy (non-hydrogen) atoms. The Balaban J connectivity index is 1.35. The van der Waals surface area contributed by atoms with E-state index in [0.29, 0.717) is 22.3 Å². The van der Waals surface area contributed by atoms with Crippen molar-refractivity contribution >= 4 is 51.7 Å². The number of benzene rings is 3. The lowest BCUT2D eigenvalue weighted by Crippen LogP contribution is -2.25. The van der Waals surface area contributed by atoms with Gasteiger partial charge in [0.1, 0.15) is 5.25 Å². The Morgan fingerprint density at radius 3 is 2.44 bits per heavy atom. The third-order valence-electron chi connectivity index (χ3n) is 6.16. The molecular weight excluding hydrogens is 492 g/mol. The van der Waals surface area contributed by atoms with Gasteiger partial charge in [-0.2, -0.15) is 10.1 Å². The summed E-state index contributed by atoms with van der Waals surface area (Å²) < 4.78 is 0. The molecule has 182 valence electrons. The van der Waals surface area contributed by atoms with Crippen molar-refractivity contribution < 1.29 is 9.59 Å². The summed E-state index contributed by atoms with van der Waals surface area (Å²) in [4.78, 5) is 29.7. The molecule has 0 spiro atoms. The third kappa shape index (κ3) is 5.37. The van der Waals surface area contributed by atoms with E-state index in [0.717, 1.165) is 16.8 Å². The van der Waals surface area contributed by atoms with Gasteiger partial charge in [-0.05, 0) is 43.2 Å². The molecule has 0 radical (unpaired) electrons. The minimum atomic E-state index is -0.600. The molecule has 3 aromatic rings. The number of hydrogen-bond acceptors (Lipinski definition) is 5. The molecule has 0 unspecified atom stereocenters. The number of carbonyl (C=O) groups is 2. The second-order valence-electron chi connectivity index (χ2n) is 8.99. The van der Waals surface area contributed by atoms with Gasteiger partial charge >= 0.3 is 0 Å². The number of aliphatic imine (C=N–C) groups is 1. The highest BCUT2D eigenvalue weighted by Crippen LogP contribution is 2.38. The van der Waals surface area contributed by atoms with Crippen molar-refractivity contribution in [2.24, 2.45) is 10.1 Å². The lowest BCUT2D eigenvalue weighted by molar-refractivity contribution is -0.121. The second-order valence-corrected chi connectivity index (χ2v) is 10.6. The number of carbonyl (C=O) groups excluding carboxylic acids is 2. The van der Waals surface area contributed by atoms with Crippen molar-refractivity contribution in [2.75, 3.05) is 5.32 Å². The molecule has 0 aliphatic carbocycles. The Bertz CT molecular complexity index is 1370. The predicted octanol–water partition coefficient (Wildman–Crippen LogP) is 6.13. The van der Waals surface area contributed by atoms with Crippen LogP contribution in [0.4, 0.5) is 5.69 Å². The highest BCUT2D eigenvalue weighted by molar-refractivity contribution is 8.15.